The van der Waals surface area contributed by atoms with Crippen LogP contribution in [0.2, 0.25) is 0 Å². The summed E-state index contributed by atoms with van der Waals surface area (Å²) in [5.74, 6) is 0.923. The zero-order valence-corrected chi connectivity index (χ0v) is 12.1. The van der Waals surface area contributed by atoms with Crippen LogP contribution in [0.3, 0.4) is 0 Å². The van der Waals surface area contributed by atoms with Crippen molar-refractivity contribution in [3.05, 3.63) is 64.6 Å². The van der Waals surface area contributed by atoms with Crippen molar-refractivity contribution in [1.29, 1.82) is 0 Å². The van der Waals surface area contributed by atoms with E-state index < -0.39 is 0 Å². The van der Waals surface area contributed by atoms with Gasteiger partial charge in [0.1, 0.15) is 11.9 Å². The number of para-hydroxylation sites is 1. The second-order valence-corrected chi connectivity index (χ2v) is 5.08. The molecule has 0 aliphatic heterocycles. The van der Waals surface area contributed by atoms with Crippen LogP contribution in [0.1, 0.15) is 31.4 Å². The number of hydrogen-bond donors (Lipinski definition) is 0. The number of ether oxygens (including phenoxy) is 1. The van der Waals surface area contributed by atoms with Gasteiger partial charge in [-0.05, 0) is 24.6 Å². The molecule has 0 bridgehead atoms. The first-order chi connectivity index (χ1) is 8.81. The molecule has 94 valence electrons. The highest BCUT2D eigenvalue weighted by atomic mass is 79.9. The number of halogens is 1. The third kappa shape index (κ3) is 3.36. The minimum atomic E-state index is 0.105. The first-order valence-corrected chi connectivity index (χ1v) is 7.06. The Morgan fingerprint density at radius 3 is 2.33 bits per heavy atom. The lowest BCUT2D eigenvalue weighted by Gasteiger charge is -2.20. The van der Waals surface area contributed by atoms with E-state index in [9.17, 15) is 0 Å². The van der Waals surface area contributed by atoms with Crippen molar-refractivity contribution in [3.63, 3.8) is 0 Å². The highest BCUT2D eigenvalue weighted by molar-refractivity contribution is 9.10. The number of benzene rings is 2. The molecule has 0 N–H and O–H groups in total. The number of hydrogen-bond acceptors (Lipinski definition) is 1. The van der Waals surface area contributed by atoms with E-state index in [0.29, 0.717) is 0 Å². The van der Waals surface area contributed by atoms with Crippen molar-refractivity contribution in [2.45, 2.75) is 25.9 Å². The summed E-state index contributed by atoms with van der Waals surface area (Å²) in [5, 5.41) is 0. The molecule has 2 aromatic carbocycles. The Bertz CT molecular complexity index is 481. The van der Waals surface area contributed by atoms with Crippen molar-refractivity contribution in [1.82, 2.24) is 0 Å². The maximum atomic E-state index is 6.09. The first kappa shape index (κ1) is 13.2. The average Bonchev–Trinajstić information content (AvgIpc) is 2.40. The molecule has 0 radical (unpaired) electrons. The molecule has 0 aliphatic carbocycles. The summed E-state index contributed by atoms with van der Waals surface area (Å²) in [4.78, 5) is 0. The van der Waals surface area contributed by atoms with Crippen LogP contribution in [0.5, 0.6) is 5.75 Å². The molecular formula is C16H17BrO. The summed E-state index contributed by atoms with van der Waals surface area (Å²) in [6.45, 7) is 2.18. The molecule has 2 heteroatoms. The summed E-state index contributed by atoms with van der Waals surface area (Å²) in [5.41, 5.74) is 1.21. The highest BCUT2D eigenvalue weighted by Gasteiger charge is 2.14. The van der Waals surface area contributed by atoms with Gasteiger partial charge in [-0.1, -0.05) is 65.7 Å². The second kappa shape index (κ2) is 6.60. The van der Waals surface area contributed by atoms with Gasteiger partial charge < -0.3 is 4.74 Å². The van der Waals surface area contributed by atoms with Gasteiger partial charge in [0.2, 0.25) is 0 Å². The summed E-state index contributed by atoms with van der Waals surface area (Å²) in [6, 6.07) is 18.3. The van der Waals surface area contributed by atoms with Crippen LogP contribution in [0.25, 0.3) is 0 Å². The molecule has 0 heterocycles. The Morgan fingerprint density at radius 1 is 1.00 bits per heavy atom. The van der Waals surface area contributed by atoms with E-state index in [-0.39, 0.29) is 6.10 Å². The molecule has 2 rings (SSSR count). The van der Waals surface area contributed by atoms with Gasteiger partial charge in [-0.2, -0.15) is 0 Å². The van der Waals surface area contributed by atoms with Crippen LogP contribution in [-0.4, -0.2) is 0 Å². The third-order valence-electron chi connectivity index (χ3n) is 2.82. The van der Waals surface area contributed by atoms with Gasteiger partial charge >= 0.3 is 0 Å². The molecule has 0 spiro atoms. The van der Waals surface area contributed by atoms with Gasteiger partial charge in [0.05, 0.1) is 0 Å². The third-order valence-corrected chi connectivity index (χ3v) is 3.55. The van der Waals surface area contributed by atoms with E-state index in [4.69, 9.17) is 4.74 Å². The maximum Gasteiger partial charge on any atom is 0.125 e. The topological polar surface area (TPSA) is 9.23 Å². The zero-order chi connectivity index (χ0) is 12.8. The molecule has 2 aromatic rings. The number of rotatable bonds is 5. The standard InChI is InChI=1S/C16H17BrO/c1-2-8-16(14-11-6-7-12-15(14)17)18-13-9-4-3-5-10-13/h3-7,9-12,16H,2,8H2,1H3. The average molecular weight is 305 g/mol. The molecule has 0 saturated carbocycles. The lowest BCUT2D eigenvalue weighted by molar-refractivity contribution is 0.193. The molecule has 0 aliphatic rings. The van der Waals surface area contributed by atoms with Crippen LogP contribution in [0.15, 0.2) is 59.1 Å². The van der Waals surface area contributed by atoms with Gasteiger partial charge in [-0.25, -0.2) is 0 Å². The fourth-order valence-electron chi connectivity index (χ4n) is 1.94. The molecule has 1 atom stereocenters. The summed E-state index contributed by atoms with van der Waals surface area (Å²) in [7, 11) is 0. The van der Waals surface area contributed by atoms with Crippen LogP contribution in [0.4, 0.5) is 0 Å². The maximum absolute atomic E-state index is 6.09. The molecule has 0 saturated heterocycles. The molecule has 18 heavy (non-hydrogen) atoms. The first-order valence-electron chi connectivity index (χ1n) is 6.27. The smallest absolute Gasteiger partial charge is 0.125 e. The Kier molecular flexibility index (Phi) is 4.82. The van der Waals surface area contributed by atoms with Crippen molar-refractivity contribution < 1.29 is 4.74 Å². The van der Waals surface area contributed by atoms with E-state index in [2.05, 4.69) is 41.1 Å². The molecule has 0 amide bonds. The van der Waals surface area contributed by atoms with Gasteiger partial charge in [0.15, 0.2) is 0 Å². The van der Waals surface area contributed by atoms with Crippen molar-refractivity contribution in [3.8, 4) is 5.75 Å². The van der Waals surface area contributed by atoms with Gasteiger partial charge in [0, 0.05) is 10.0 Å². The molecule has 1 nitrogen and oxygen atoms in total. The SMILES string of the molecule is CCCC(Oc1ccccc1)c1ccccc1Br. The van der Waals surface area contributed by atoms with Crippen LogP contribution >= 0.6 is 15.9 Å². The van der Waals surface area contributed by atoms with Crippen molar-refractivity contribution in [2.24, 2.45) is 0 Å². The van der Waals surface area contributed by atoms with E-state index in [1.807, 2.05) is 36.4 Å². The zero-order valence-electron chi connectivity index (χ0n) is 10.5. The lowest BCUT2D eigenvalue weighted by atomic mass is 10.1. The van der Waals surface area contributed by atoms with E-state index in [1.165, 1.54) is 5.56 Å². The second-order valence-electron chi connectivity index (χ2n) is 4.23. The van der Waals surface area contributed by atoms with E-state index in [0.717, 1.165) is 23.1 Å². The minimum absolute atomic E-state index is 0.105. The van der Waals surface area contributed by atoms with Crippen LogP contribution in [-0.2, 0) is 0 Å². The fraction of sp³-hybridized carbons (Fsp3) is 0.250. The van der Waals surface area contributed by atoms with E-state index in [1.54, 1.807) is 0 Å². The molecule has 0 aromatic heterocycles. The summed E-state index contributed by atoms with van der Waals surface area (Å²) < 4.78 is 7.20. The normalized spacial score (nSPS) is 12.1. The molecular weight excluding hydrogens is 288 g/mol. The highest BCUT2D eigenvalue weighted by Crippen LogP contribution is 2.30. The van der Waals surface area contributed by atoms with Crippen molar-refractivity contribution in [2.75, 3.05) is 0 Å². The summed E-state index contributed by atoms with van der Waals surface area (Å²) >= 11 is 3.60. The monoisotopic (exact) mass is 304 g/mol. The quantitative estimate of drug-likeness (QED) is 0.721. The van der Waals surface area contributed by atoms with Gasteiger partial charge in [-0.3, -0.25) is 0 Å². The Balaban J connectivity index is 2.21. The minimum Gasteiger partial charge on any atom is -0.486 e. The predicted molar refractivity (Wildman–Crippen MR) is 78.9 cm³/mol. The lowest BCUT2D eigenvalue weighted by Crippen LogP contribution is -2.08. The largest absolute Gasteiger partial charge is 0.486 e. The Hall–Kier alpha value is -1.28. The van der Waals surface area contributed by atoms with Crippen LogP contribution < -0.4 is 4.74 Å². The Morgan fingerprint density at radius 2 is 1.67 bits per heavy atom. The predicted octanol–water partition coefficient (Wildman–Crippen LogP) is 5.37. The molecule has 0 fully saturated rings. The summed E-state index contributed by atoms with van der Waals surface area (Å²) in [6.07, 6.45) is 2.21. The van der Waals surface area contributed by atoms with E-state index >= 15 is 0 Å². The van der Waals surface area contributed by atoms with Crippen LogP contribution in [0, 0.1) is 0 Å². The fourth-order valence-corrected chi connectivity index (χ4v) is 2.48. The molecule has 1 unspecified atom stereocenters. The Labute approximate surface area is 117 Å². The van der Waals surface area contributed by atoms with Gasteiger partial charge in [-0.15, -0.1) is 0 Å². The van der Waals surface area contributed by atoms with Crippen molar-refractivity contribution >= 4 is 15.9 Å². The van der Waals surface area contributed by atoms with Gasteiger partial charge in [0.25, 0.3) is 0 Å².